The molecule has 3 amide bonds. The minimum atomic E-state index is -4.47. The van der Waals surface area contributed by atoms with E-state index in [9.17, 15) is 22.8 Å². The van der Waals surface area contributed by atoms with Crippen molar-refractivity contribution in [3.63, 3.8) is 0 Å². The molecule has 51 heavy (non-hydrogen) atoms. The van der Waals surface area contributed by atoms with Crippen molar-refractivity contribution in [3.8, 4) is 11.5 Å². The number of alkyl carbamates (subject to hydrolysis) is 1. The second-order valence-electron chi connectivity index (χ2n) is 15.2. The molecule has 1 N–H and O–H groups in total. The van der Waals surface area contributed by atoms with Crippen LogP contribution >= 0.6 is 0 Å². The average Bonchev–Trinajstić information content (AvgIpc) is 3.31. The summed E-state index contributed by atoms with van der Waals surface area (Å²) in [4.78, 5) is 41.5. The summed E-state index contributed by atoms with van der Waals surface area (Å²) >= 11 is 0. The minimum absolute atomic E-state index is 0.0391. The van der Waals surface area contributed by atoms with E-state index in [0.717, 1.165) is 8.61 Å². The monoisotopic (exact) mass is 748 g/mol. The fraction of sp³-hybridized carbons (Fsp3) is 0.571. The number of rotatable bonds is 12. The quantitative estimate of drug-likeness (QED) is 0.234. The molecule has 2 aliphatic heterocycles. The van der Waals surface area contributed by atoms with Crippen LogP contribution in [0.3, 0.4) is 0 Å². The largest absolute Gasteiger partial charge is 0.497 e. The Morgan fingerprint density at radius 2 is 1.65 bits per heavy atom. The highest BCUT2D eigenvalue weighted by Crippen LogP contribution is 2.38. The molecule has 3 atom stereocenters. The predicted octanol–water partition coefficient (Wildman–Crippen LogP) is 4.90. The fourth-order valence-electron chi connectivity index (χ4n) is 5.52. The molecule has 0 radical (unpaired) electrons. The Morgan fingerprint density at radius 3 is 2.24 bits per heavy atom. The standard InChI is InChI=1S/C35H52N4O10SSi/c1-34(2,3)49-32(41)36-30-28(38(31(30)40)19-25-16-17-27(45-7)18-29(25)46-8)21-37-20-26(23-48-51(9,10)35(4,5)6)39(50(37,43)44)33(42)47-22-24-14-12-11-13-15-24/h11-18,26,28,30H,19-23H2,1-10H3,(H,36,41)/t26-,28+,30-/m0/s1. The first-order chi connectivity index (χ1) is 23.7. The van der Waals surface area contributed by atoms with Crippen LogP contribution in [0.25, 0.3) is 0 Å². The third-order valence-electron chi connectivity index (χ3n) is 9.38. The zero-order valence-electron chi connectivity index (χ0n) is 31.2. The Morgan fingerprint density at radius 1 is 0.980 bits per heavy atom. The average molecular weight is 749 g/mol. The molecule has 2 aromatic rings. The van der Waals surface area contributed by atoms with Gasteiger partial charge in [0.2, 0.25) is 5.91 Å². The van der Waals surface area contributed by atoms with E-state index >= 15 is 0 Å². The number of carbonyl (C=O) groups excluding carboxylic acids is 3. The van der Waals surface area contributed by atoms with E-state index in [0.29, 0.717) is 22.6 Å². The number of β-lactam (4-membered cyclic amide) rings is 1. The number of likely N-dealkylation sites (tertiary alicyclic amines) is 1. The molecule has 0 bridgehead atoms. The highest BCUT2D eigenvalue weighted by molar-refractivity contribution is 7.87. The maximum absolute atomic E-state index is 14.2. The maximum Gasteiger partial charge on any atom is 0.425 e. The van der Waals surface area contributed by atoms with Crippen molar-refractivity contribution < 1.29 is 46.2 Å². The number of hydrogen-bond donors (Lipinski definition) is 1. The van der Waals surface area contributed by atoms with E-state index in [2.05, 4.69) is 26.1 Å². The second-order valence-corrected chi connectivity index (χ2v) is 21.8. The lowest BCUT2D eigenvalue weighted by atomic mass is 9.93. The molecular formula is C35H52N4O10SSi. The first-order valence-corrected chi connectivity index (χ1v) is 21.1. The highest BCUT2D eigenvalue weighted by Gasteiger charge is 2.55. The molecule has 16 heteroatoms. The van der Waals surface area contributed by atoms with Crippen molar-refractivity contribution in [2.75, 3.05) is 33.9 Å². The van der Waals surface area contributed by atoms with Crippen LogP contribution in [0.4, 0.5) is 9.59 Å². The van der Waals surface area contributed by atoms with Crippen molar-refractivity contribution in [1.29, 1.82) is 0 Å². The van der Waals surface area contributed by atoms with Crippen LogP contribution in [-0.2, 0) is 42.1 Å². The first-order valence-electron chi connectivity index (χ1n) is 16.8. The molecule has 2 aliphatic rings. The van der Waals surface area contributed by atoms with Crippen LogP contribution in [0.1, 0.15) is 52.7 Å². The van der Waals surface area contributed by atoms with Gasteiger partial charge in [-0.05, 0) is 56.6 Å². The van der Waals surface area contributed by atoms with Gasteiger partial charge in [-0.1, -0.05) is 51.1 Å². The lowest BCUT2D eigenvalue weighted by molar-refractivity contribution is -0.152. The summed E-state index contributed by atoms with van der Waals surface area (Å²) in [5, 5.41) is 2.46. The van der Waals surface area contributed by atoms with Crippen LogP contribution in [0.5, 0.6) is 11.5 Å². The van der Waals surface area contributed by atoms with E-state index in [1.165, 1.54) is 19.1 Å². The third-order valence-corrected chi connectivity index (χ3v) is 15.8. The van der Waals surface area contributed by atoms with Gasteiger partial charge < -0.3 is 33.6 Å². The number of amides is 3. The van der Waals surface area contributed by atoms with E-state index in [4.69, 9.17) is 23.4 Å². The summed E-state index contributed by atoms with van der Waals surface area (Å²) in [5.41, 5.74) is 0.504. The number of hydrogen-bond acceptors (Lipinski definition) is 10. The lowest BCUT2D eigenvalue weighted by Gasteiger charge is -2.48. The van der Waals surface area contributed by atoms with Crippen molar-refractivity contribution in [3.05, 3.63) is 59.7 Å². The lowest BCUT2D eigenvalue weighted by Crippen LogP contribution is -2.73. The Labute approximate surface area is 302 Å². The molecule has 0 saturated carbocycles. The summed E-state index contributed by atoms with van der Waals surface area (Å²) in [6.45, 7) is 14.9. The van der Waals surface area contributed by atoms with Gasteiger partial charge in [-0.3, -0.25) is 4.79 Å². The van der Waals surface area contributed by atoms with Gasteiger partial charge in [0.15, 0.2) is 8.32 Å². The van der Waals surface area contributed by atoms with Crippen molar-refractivity contribution >= 4 is 36.6 Å². The molecule has 0 spiro atoms. The number of nitrogens with zero attached hydrogens (tertiary/aromatic N) is 3. The Bertz CT molecular complexity index is 1680. The zero-order valence-corrected chi connectivity index (χ0v) is 33.0. The van der Waals surface area contributed by atoms with Crippen molar-refractivity contribution in [2.45, 2.75) is 96.6 Å². The number of nitrogens with one attached hydrogen (secondary N) is 1. The Balaban J connectivity index is 1.64. The van der Waals surface area contributed by atoms with Gasteiger partial charge in [-0.2, -0.15) is 17.0 Å². The van der Waals surface area contributed by atoms with E-state index in [-0.39, 0.29) is 37.9 Å². The maximum atomic E-state index is 14.2. The topological polar surface area (TPSA) is 153 Å². The molecule has 2 aromatic carbocycles. The van der Waals surface area contributed by atoms with Gasteiger partial charge in [-0.15, -0.1) is 0 Å². The number of ether oxygens (including phenoxy) is 4. The smallest absolute Gasteiger partial charge is 0.425 e. The Kier molecular flexibility index (Phi) is 12.0. The molecule has 0 unspecified atom stereocenters. The summed E-state index contributed by atoms with van der Waals surface area (Å²) in [6, 6.07) is 11.3. The van der Waals surface area contributed by atoms with Gasteiger partial charge in [0, 0.05) is 31.3 Å². The van der Waals surface area contributed by atoms with E-state index < -0.39 is 60.3 Å². The van der Waals surface area contributed by atoms with Gasteiger partial charge in [0.05, 0.1) is 32.9 Å². The SMILES string of the molecule is COc1ccc(CN2C(=O)[C@@H](NC(=O)OC(C)(C)C)[C@H]2CN2C[C@@H](CO[Si](C)(C)C(C)(C)C)N(C(=O)OCc3ccccc3)S2(=O)=O)c(OC)c1. The van der Waals surface area contributed by atoms with Gasteiger partial charge in [-0.25, -0.2) is 9.59 Å². The molecule has 4 rings (SSSR count). The summed E-state index contributed by atoms with van der Waals surface area (Å²) in [7, 11) is -3.81. The third kappa shape index (κ3) is 9.33. The van der Waals surface area contributed by atoms with E-state index in [1.54, 1.807) is 63.2 Å². The normalized spacial score (nSPS) is 20.8. The summed E-state index contributed by atoms with van der Waals surface area (Å²) < 4.78 is 58.6. The van der Waals surface area contributed by atoms with Crippen LogP contribution in [0.15, 0.2) is 48.5 Å². The predicted molar refractivity (Wildman–Crippen MR) is 193 cm³/mol. The van der Waals surface area contributed by atoms with Gasteiger partial charge >= 0.3 is 22.4 Å². The van der Waals surface area contributed by atoms with Crippen LogP contribution in [-0.4, -0.2) is 106 Å². The van der Waals surface area contributed by atoms with Crippen molar-refractivity contribution in [1.82, 2.24) is 18.8 Å². The summed E-state index contributed by atoms with van der Waals surface area (Å²) in [6.07, 6.45) is -1.85. The van der Waals surface area contributed by atoms with Gasteiger partial charge in [0.1, 0.15) is 29.7 Å². The second kappa shape index (κ2) is 15.4. The van der Waals surface area contributed by atoms with Crippen LogP contribution < -0.4 is 14.8 Å². The molecule has 0 aliphatic carbocycles. The molecule has 2 saturated heterocycles. The fourth-order valence-corrected chi connectivity index (χ4v) is 8.26. The molecular weight excluding hydrogens is 697 g/mol. The molecule has 2 heterocycles. The first kappa shape index (κ1) is 39.9. The Hall–Kier alpha value is -3.86. The zero-order chi connectivity index (χ0) is 37.9. The summed E-state index contributed by atoms with van der Waals surface area (Å²) in [5.74, 6) is 0.589. The van der Waals surface area contributed by atoms with Crippen LogP contribution in [0, 0.1) is 0 Å². The van der Waals surface area contributed by atoms with Gasteiger partial charge in [0.25, 0.3) is 0 Å². The number of carbonyl (C=O) groups is 3. The van der Waals surface area contributed by atoms with E-state index in [1.807, 2.05) is 19.2 Å². The molecule has 2 fully saturated rings. The van der Waals surface area contributed by atoms with Crippen molar-refractivity contribution in [2.24, 2.45) is 0 Å². The molecule has 282 valence electrons. The minimum Gasteiger partial charge on any atom is -0.497 e. The number of benzene rings is 2. The highest BCUT2D eigenvalue weighted by atomic mass is 32.2. The molecule has 14 nitrogen and oxygen atoms in total. The van der Waals surface area contributed by atoms with Crippen LogP contribution in [0.2, 0.25) is 18.1 Å². The number of methoxy groups -OCH3 is 2. The molecule has 0 aromatic heterocycles.